The predicted molar refractivity (Wildman–Crippen MR) is 173 cm³/mol. The summed E-state index contributed by atoms with van der Waals surface area (Å²) in [6.45, 7) is 0. The highest BCUT2D eigenvalue weighted by Gasteiger charge is 2.21. The van der Waals surface area contributed by atoms with Gasteiger partial charge in [0.25, 0.3) is 0 Å². The maximum atomic E-state index is 9.37. The summed E-state index contributed by atoms with van der Waals surface area (Å²) in [5.74, 6) is 0. The second-order valence-corrected chi connectivity index (χ2v) is 11.2. The van der Waals surface area contributed by atoms with E-state index in [1.165, 1.54) is 30.9 Å². The van der Waals surface area contributed by atoms with Crippen molar-refractivity contribution >= 4 is 70.4 Å². The fraction of sp³-hybridized carbons (Fsp3) is 0. The molecule has 0 radical (unpaired) electrons. The number of nitrogens with zero attached hydrogens (tertiary/aromatic N) is 3. The van der Waals surface area contributed by atoms with Crippen molar-refractivity contribution in [1.82, 2.24) is 4.57 Å². The monoisotopic (exact) mass is 541 g/mol. The van der Waals surface area contributed by atoms with Crippen LogP contribution in [0.5, 0.6) is 0 Å². The van der Waals surface area contributed by atoms with Gasteiger partial charge >= 0.3 is 0 Å². The van der Waals surface area contributed by atoms with E-state index in [1.807, 2.05) is 35.6 Å². The minimum absolute atomic E-state index is 0.654. The highest BCUT2D eigenvalue weighted by Crippen LogP contribution is 2.45. The van der Waals surface area contributed by atoms with Crippen LogP contribution in [0.4, 0.5) is 17.1 Å². The Hall–Kier alpha value is -5.37. The molecule has 192 valence electrons. The molecule has 3 nitrogen and oxygen atoms in total. The van der Waals surface area contributed by atoms with Gasteiger partial charge in [0, 0.05) is 48.0 Å². The normalized spacial score (nSPS) is 11.4. The van der Waals surface area contributed by atoms with E-state index in [2.05, 4.69) is 131 Å². The number of rotatable bonds is 4. The lowest BCUT2D eigenvalue weighted by atomic mass is 10.1. The van der Waals surface area contributed by atoms with Crippen LogP contribution in [-0.4, -0.2) is 4.57 Å². The highest BCUT2D eigenvalue weighted by atomic mass is 32.1. The van der Waals surface area contributed by atoms with Crippen molar-refractivity contribution in [2.75, 3.05) is 4.90 Å². The molecule has 0 aliphatic carbocycles. The molecule has 0 bridgehead atoms. The van der Waals surface area contributed by atoms with E-state index < -0.39 is 0 Å². The van der Waals surface area contributed by atoms with Crippen LogP contribution in [0.15, 0.2) is 140 Å². The third kappa shape index (κ3) is 3.71. The summed E-state index contributed by atoms with van der Waals surface area (Å²) in [7, 11) is 0. The van der Waals surface area contributed by atoms with Gasteiger partial charge in [-0.3, -0.25) is 0 Å². The molecular weight excluding hydrogens is 518 g/mol. The Bertz CT molecular complexity index is 2270. The van der Waals surface area contributed by atoms with Crippen LogP contribution in [0.25, 0.3) is 47.7 Å². The highest BCUT2D eigenvalue weighted by molar-refractivity contribution is 7.25. The van der Waals surface area contributed by atoms with Gasteiger partial charge < -0.3 is 9.47 Å². The maximum Gasteiger partial charge on any atom is 0.0991 e. The molecule has 2 heterocycles. The van der Waals surface area contributed by atoms with E-state index >= 15 is 0 Å². The molecule has 6 aromatic carbocycles. The maximum absolute atomic E-state index is 9.37. The molecule has 41 heavy (non-hydrogen) atoms. The van der Waals surface area contributed by atoms with Crippen LogP contribution in [0.1, 0.15) is 5.56 Å². The minimum atomic E-state index is 0.654. The van der Waals surface area contributed by atoms with E-state index in [0.29, 0.717) is 5.56 Å². The third-order valence-electron chi connectivity index (χ3n) is 7.80. The van der Waals surface area contributed by atoms with Gasteiger partial charge in [0.15, 0.2) is 0 Å². The van der Waals surface area contributed by atoms with E-state index in [9.17, 15) is 5.26 Å². The summed E-state index contributed by atoms with van der Waals surface area (Å²) >= 11 is 1.84. The van der Waals surface area contributed by atoms with Gasteiger partial charge in [-0.15, -0.1) is 11.3 Å². The van der Waals surface area contributed by atoms with Crippen LogP contribution in [0, 0.1) is 11.3 Å². The molecule has 4 heteroatoms. The van der Waals surface area contributed by atoms with Crippen molar-refractivity contribution < 1.29 is 0 Å². The van der Waals surface area contributed by atoms with Gasteiger partial charge in [0.05, 0.1) is 28.4 Å². The summed E-state index contributed by atoms with van der Waals surface area (Å²) in [5, 5.41) is 14.3. The molecule has 0 N–H and O–H groups in total. The van der Waals surface area contributed by atoms with Crippen LogP contribution >= 0.6 is 11.3 Å². The molecule has 0 atom stereocenters. The SMILES string of the molecule is N#Cc1ccc(-n2c3ccccc3c3c(N(c4ccccc4)c4ccc5sc6ccccc6c5c4)cccc32)cc1. The predicted octanol–water partition coefficient (Wildman–Crippen LogP) is 10.5. The summed E-state index contributed by atoms with van der Waals surface area (Å²) < 4.78 is 4.89. The fourth-order valence-corrected chi connectivity index (χ4v) is 7.09. The van der Waals surface area contributed by atoms with Gasteiger partial charge in [0.1, 0.15) is 0 Å². The lowest BCUT2D eigenvalue weighted by Gasteiger charge is -2.26. The first-order valence-corrected chi connectivity index (χ1v) is 14.4. The number of aromatic nitrogens is 1. The molecule has 0 unspecified atom stereocenters. The average molecular weight is 542 g/mol. The molecule has 0 saturated carbocycles. The summed E-state index contributed by atoms with van der Waals surface area (Å²) in [5.41, 5.74) is 7.29. The van der Waals surface area contributed by atoms with Crippen molar-refractivity contribution in [3.63, 3.8) is 0 Å². The van der Waals surface area contributed by atoms with E-state index in [1.54, 1.807) is 0 Å². The first-order valence-electron chi connectivity index (χ1n) is 13.6. The van der Waals surface area contributed by atoms with Crippen molar-refractivity contribution in [3.05, 3.63) is 145 Å². The van der Waals surface area contributed by atoms with Gasteiger partial charge in [-0.25, -0.2) is 0 Å². The van der Waals surface area contributed by atoms with Crippen LogP contribution in [0.2, 0.25) is 0 Å². The lowest BCUT2D eigenvalue weighted by molar-refractivity contribution is 1.18. The molecule has 0 aliphatic heterocycles. The molecule has 0 spiro atoms. The molecule has 0 saturated heterocycles. The van der Waals surface area contributed by atoms with Crippen molar-refractivity contribution in [2.45, 2.75) is 0 Å². The number of nitriles is 1. The fourth-order valence-electron chi connectivity index (χ4n) is 6.01. The van der Waals surface area contributed by atoms with Gasteiger partial charge in [0.2, 0.25) is 0 Å². The second-order valence-electron chi connectivity index (χ2n) is 10.1. The number of fused-ring (bicyclic) bond motifs is 6. The van der Waals surface area contributed by atoms with Crippen molar-refractivity contribution in [1.29, 1.82) is 5.26 Å². The van der Waals surface area contributed by atoms with Crippen LogP contribution in [-0.2, 0) is 0 Å². The Morgan fingerprint density at radius 3 is 2.10 bits per heavy atom. The van der Waals surface area contributed by atoms with Crippen molar-refractivity contribution in [3.8, 4) is 11.8 Å². The van der Waals surface area contributed by atoms with Gasteiger partial charge in [-0.1, -0.05) is 60.7 Å². The molecule has 0 fully saturated rings. The largest absolute Gasteiger partial charge is 0.310 e. The number of thiophene rings is 1. The first-order chi connectivity index (χ1) is 20.3. The van der Waals surface area contributed by atoms with Crippen LogP contribution in [0.3, 0.4) is 0 Å². The number of para-hydroxylation sites is 2. The zero-order chi connectivity index (χ0) is 27.3. The summed E-state index contributed by atoms with van der Waals surface area (Å²) in [6, 6.07) is 51.3. The van der Waals surface area contributed by atoms with Gasteiger partial charge in [-0.2, -0.15) is 5.26 Å². The Balaban J connectivity index is 1.43. The van der Waals surface area contributed by atoms with E-state index in [0.717, 1.165) is 33.8 Å². The molecule has 0 aliphatic rings. The molecule has 2 aromatic heterocycles. The Kier molecular flexibility index (Phi) is 5.38. The Labute approximate surface area is 241 Å². The zero-order valence-corrected chi connectivity index (χ0v) is 22.8. The van der Waals surface area contributed by atoms with E-state index in [-0.39, 0.29) is 0 Å². The van der Waals surface area contributed by atoms with Gasteiger partial charge in [-0.05, 0) is 78.9 Å². The zero-order valence-electron chi connectivity index (χ0n) is 22.0. The molecule has 8 aromatic rings. The first kappa shape index (κ1) is 23.5. The smallest absolute Gasteiger partial charge is 0.0991 e. The number of anilines is 3. The van der Waals surface area contributed by atoms with Crippen LogP contribution < -0.4 is 4.90 Å². The average Bonchev–Trinajstić information content (AvgIpc) is 3.58. The third-order valence-corrected chi connectivity index (χ3v) is 8.96. The lowest BCUT2D eigenvalue weighted by Crippen LogP contribution is -2.10. The molecule has 0 amide bonds. The standard InChI is InChI=1S/C37H23N3S/c38-24-25-17-19-27(20-18-25)40-32-13-6-4-12-30(32)37-33(14-8-15-34(37)40)39(26-9-2-1-3-10-26)28-21-22-36-31(23-28)29-11-5-7-16-35(29)41-36/h1-23H. The number of hydrogen-bond acceptors (Lipinski definition) is 3. The Morgan fingerprint density at radius 2 is 1.27 bits per heavy atom. The molecule has 8 rings (SSSR count). The summed E-state index contributed by atoms with van der Waals surface area (Å²) in [6.07, 6.45) is 0. The Morgan fingerprint density at radius 1 is 0.561 bits per heavy atom. The number of hydrogen-bond donors (Lipinski definition) is 0. The van der Waals surface area contributed by atoms with E-state index in [4.69, 9.17) is 0 Å². The number of benzene rings is 6. The summed E-state index contributed by atoms with van der Waals surface area (Å²) in [4.78, 5) is 2.38. The second kappa shape index (κ2) is 9.38. The topological polar surface area (TPSA) is 32.0 Å². The molecular formula is C37H23N3S. The van der Waals surface area contributed by atoms with Crippen molar-refractivity contribution in [2.24, 2.45) is 0 Å². The minimum Gasteiger partial charge on any atom is -0.310 e. The quantitative estimate of drug-likeness (QED) is 0.222.